The first-order valence-corrected chi connectivity index (χ1v) is 8.85. The monoisotopic (exact) mass is 360 g/mol. The van der Waals surface area contributed by atoms with Gasteiger partial charge in [-0.25, -0.2) is 18.9 Å². The van der Waals surface area contributed by atoms with Gasteiger partial charge in [-0.15, -0.1) is 0 Å². The molecule has 0 bridgehead atoms. The molecule has 7 heteroatoms. The fourth-order valence-corrected chi connectivity index (χ4v) is 3.67. The maximum atomic E-state index is 14.5. The summed E-state index contributed by atoms with van der Waals surface area (Å²) in [6, 6.07) is 10.7. The molecule has 3 aromatic heterocycles. The zero-order chi connectivity index (χ0) is 18.4. The molecule has 1 aliphatic heterocycles. The van der Waals surface area contributed by atoms with E-state index in [1.165, 1.54) is 18.0 Å². The summed E-state index contributed by atoms with van der Waals surface area (Å²) in [4.78, 5) is 15.8. The number of benzene rings is 1. The third-order valence-corrected chi connectivity index (χ3v) is 4.98. The van der Waals surface area contributed by atoms with E-state index in [1.54, 1.807) is 16.6 Å². The van der Waals surface area contributed by atoms with Gasteiger partial charge in [0.2, 0.25) is 0 Å². The molecule has 1 aliphatic rings. The molecule has 0 radical (unpaired) electrons. The number of aromatic nitrogens is 5. The van der Waals surface area contributed by atoms with Crippen molar-refractivity contribution in [3.8, 4) is 11.3 Å². The molecule has 0 unspecified atom stereocenters. The van der Waals surface area contributed by atoms with Crippen LogP contribution < -0.4 is 4.90 Å². The molecular formula is C20H17FN6. The standard InChI is InChI=1S/C20H17FN6/c1-13-25-18(15-6-2-3-7-16(15)21)19-20(23-12-24-27(13)19)26-10-8-14-5-4-9-22-17(14)11-26/h2-7,9,12H,8,10-11H2,1H3. The average molecular weight is 360 g/mol. The van der Waals surface area contributed by atoms with Gasteiger partial charge in [-0.05, 0) is 37.1 Å². The van der Waals surface area contributed by atoms with Crippen LogP contribution in [0.4, 0.5) is 10.2 Å². The zero-order valence-corrected chi connectivity index (χ0v) is 14.8. The SMILES string of the molecule is Cc1nc(-c2ccccc2F)c2c(N3CCc4cccnc4C3)ncnn12. The van der Waals surface area contributed by atoms with Crippen LogP contribution in [0.5, 0.6) is 0 Å². The lowest BCUT2D eigenvalue weighted by Gasteiger charge is -2.29. The van der Waals surface area contributed by atoms with Gasteiger partial charge in [0.1, 0.15) is 29.2 Å². The second-order valence-electron chi connectivity index (χ2n) is 6.61. The van der Waals surface area contributed by atoms with E-state index >= 15 is 0 Å². The van der Waals surface area contributed by atoms with Crippen LogP contribution in [0.25, 0.3) is 16.8 Å². The first-order chi connectivity index (χ1) is 13.2. The number of halogens is 1. The molecule has 134 valence electrons. The lowest BCUT2D eigenvalue weighted by molar-refractivity contribution is 0.631. The summed E-state index contributed by atoms with van der Waals surface area (Å²) in [5, 5.41) is 4.33. The first kappa shape index (κ1) is 15.9. The van der Waals surface area contributed by atoms with Gasteiger partial charge in [-0.2, -0.15) is 5.10 Å². The molecule has 0 amide bonds. The van der Waals surface area contributed by atoms with E-state index in [0.29, 0.717) is 23.6 Å². The summed E-state index contributed by atoms with van der Waals surface area (Å²) in [6.45, 7) is 3.33. The van der Waals surface area contributed by atoms with Crippen molar-refractivity contribution in [2.45, 2.75) is 19.9 Å². The number of fused-ring (bicyclic) bond motifs is 2. The summed E-state index contributed by atoms with van der Waals surface area (Å²) in [5.74, 6) is 1.14. The van der Waals surface area contributed by atoms with Crippen molar-refractivity contribution in [2.24, 2.45) is 0 Å². The predicted molar refractivity (Wildman–Crippen MR) is 99.9 cm³/mol. The van der Waals surface area contributed by atoms with Gasteiger partial charge in [0.15, 0.2) is 5.82 Å². The smallest absolute Gasteiger partial charge is 0.159 e. The first-order valence-electron chi connectivity index (χ1n) is 8.85. The van der Waals surface area contributed by atoms with E-state index in [2.05, 4.69) is 31.0 Å². The number of aryl methyl sites for hydroxylation is 1. The van der Waals surface area contributed by atoms with Crippen LogP contribution in [0.1, 0.15) is 17.1 Å². The predicted octanol–water partition coefficient (Wildman–Crippen LogP) is 3.20. The molecule has 0 aliphatic carbocycles. The number of hydrogen-bond acceptors (Lipinski definition) is 5. The van der Waals surface area contributed by atoms with Crippen LogP contribution in [0.2, 0.25) is 0 Å². The summed E-state index contributed by atoms with van der Waals surface area (Å²) in [5.41, 5.74) is 4.05. The average Bonchev–Trinajstić information content (AvgIpc) is 3.05. The Bertz CT molecular complexity index is 1150. The summed E-state index contributed by atoms with van der Waals surface area (Å²) >= 11 is 0. The molecule has 4 heterocycles. The van der Waals surface area contributed by atoms with Crippen LogP contribution >= 0.6 is 0 Å². The van der Waals surface area contributed by atoms with Crippen LogP contribution in [0, 0.1) is 12.7 Å². The third kappa shape index (κ3) is 2.54. The van der Waals surface area contributed by atoms with Gasteiger partial charge < -0.3 is 4.90 Å². The van der Waals surface area contributed by atoms with Crippen molar-refractivity contribution in [1.29, 1.82) is 0 Å². The fourth-order valence-electron chi connectivity index (χ4n) is 3.67. The molecule has 4 aromatic rings. The number of pyridine rings is 1. The Morgan fingerprint density at radius 3 is 2.85 bits per heavy atom. The van der Waals surface area contributed by atoms with E-state index in [0.717, 1.165) is 30.0 Å². The Morgan fingerprint density at radius 2 is 1.96 bits per heavy atom. The van der Waals surface area contributed by atoms with Crippen LogP contribution in [0.3, 0.4) is 0 Å². The molecule has 0 N–H and O–H groups in total. The van der Waals surface area contributed by atoms with Gasteiger partial charge in [0, 0.05) is 18.3 Å². The largest absolute Gasteiger partial charge is 0.348 e. The maximum absolute atomic E-state index is 14.5. The minimum atomic E-state index is -0.307. The highest BCUT2D eigenvalue weighted by Gasteiger charge is 2.24. The Morgan fingerprint density at radius 1 is 1.07 bits per heavy atom. The molecule has 0 fully saturated rings. The lowest BCUT2D eigenvalue weighted by Crippen LogP contribution is -2.32. The number of imidazole rings is 1. The molecular weight excluding hydrogens is 343 g/mol. The van der Waals surface area contributed by atoms with Crippen molar-refractivity contribution in [1.82, 2.24) is 24.6 Å². The number of hydrogen-bond donors (Lipinski definition) is 0. The van der Waals surface area contributed by atoms with Crippen molar-refractivity contribution >= 4 is 11.3 Å². The fraction of sp³-hybridized carbons (Fsp3) is 0.200. The Kier molecular flexibility index (Phi) is 3.60. The molecule has 0 atom stereocenters. The summed E-state index contributed by atoms with van der Waals surface area (Å²) < 4.78 is 16.2. The Labute approximate surface area is 155 Å². The molecule has 1 aromatic carbocycles. The summed E-state index contributed by atoms with van der Waals surface area (Å²) in [6.07, 6.45) is 4.23. The van der Waals surface area contributed by atoms with E-state index in [-0.39, 0.29) is 5.82 Å². The van der Waals surface area contributed by atoms with Gasteiger partial charge >= 0.3 is 0 Å². The molecule has 0 saturated carbocycles. The minimum absolute atomic E-state index is 0.307. The third-order valence-electron chi connectivity index (χ3n) is 4.98. The van der Waals surface area contributed by atoms with Crippen molar-refractivity contribution in [3.05, 3.63) is 71.8 Å². The Balaban J connectivity index is 1.69. The highest BCUT2D eigenvalue weighted by Crippen LogP contribution is 2.33. The highest BCUT2D eigenvalue weighted by atomic mass is 19.1. The van der Waals surface area contributed by atoms with Crippen molar-refractivity contribution in [3.63, 3.8) is 0 Å². The van der Waals surface area contributed by atoms with Gasteiger partial charge in [-0.3, -0.25) is 4.98 Å². The van der Waals surface area contributed by atoms with Crippen molar-refractivity contribution in [2.75, 3.05) is 11.4 Å². The molecule has 5 rings (SSSR count). The molecule has 0 saturated heterocycles. The zero-order valence-electron chi connectivity index (χ0n) is 14.8. The van der Waals surface area contributed by atoms with E-state index < -0.39 is 0 Å². The lowest BCUT2D eigenvalue weighted by atomic mass is 10.0. The number of anilines is 1. The second-order valence-corrected chi connectivity index (χ2v) is 6.61. The quantitative estimate of drug-likeness (QED) is 0.549. The number of rotatable bonds is 2. The van der Waals surface area contributed by atoms with Crippen LogP contribution in [-0.2, 0) is 13.0 Å². The van der Waals surface area contributed by atoms with E-state index in [1.807, 2.05) is 25.3 Å². The van der Waals surface area contributed by atoms with Crippen molar-refractivity contribution < 1.29 is 4.39 Å². The van der Waals surface area contributed by atoms with Gasteiger partial charge in [0.05, 0.1) is 12.2 Å². The van der Waals surface area contributed by atoms with E-state index in [9.17, 15) is 4.39 Å². The van der Waals surface area contributed by atoms with Gasteiger partial charge in [0.25, 0.3) is 0 Å². The molecule has 0 spiro atoms. The molecule has 27 heavy (non-hydrogen) atoms. The van der Waals surface area contributed by atoms with Crippen LogP contribution in [0.15, 0.2) is 48.9 Å². The normalized spacial score (nSPS) is 13.8. The van der Waals surface area contributed by atoms with E-state index in [4.69, 9.17) is 0 Å². The van der Waals surface area contributed by atoms with Crippen LogP contribution in [-0.4, -0.2) is 31.1 Å². The molecule has 6 nitrogen and oxygen atoms in total. The maximum Gasteiger partial charge on any atom is 0.159 e. The number of nitrogens with zero attached hydrogens (tertiary/aromatic N) is 6. The Hall–Kier alpha value is -3.35. The highest BCUT2D eigenvalue weighted by molar-refractivity contribution is 5.86. The second kappa shape index (κ2) is 6.12. The van der Waals surface area contributed by atoms with Gasteiger partial charge in [-0.1, -0.05) is 18.2 Å². The minimum Gasteiger partial charge on any atom is -0.348 e. The topological polar surface area (TPSA) is 59.2 Å². The summed E-state index contributed by atoms with van der Waals surface area (Å²) in [7, 11) is 0.